The second-order valence-electron chi connectivity index (χ2n) is 15.0. The van der Waals surface area contributed by atoms with Crippen molar-refractivity contribution in [3.8, 4) is 40.6 Å². The van der Waals surface area contributed by atoms with Gasteiger partial charge in [0.15, 0.2) is 0 Å². The topological polar surface area (TPSA) is 249 Å². The summed E-state index contributed by atoms with van der Waals surface area (Å²) in [4.78, 5) is 101. The monoisotopic (exact) mass is 1070 g/mol. The molecule has 1 aliphatic heterocycles. The lowest BCUT2D eigenvalue weighted by Crippen LogP contribution is -2.13. The summed E-state index contributed by atoms with van der Waals surface area (Å²) in [5, 5.41) is 9.63. The molecular formula is C54H42N2O18S2. The van der Waals surface area contributed by atoms with Gasteiger partial charge in [-0.15, -0.1) is 0 Å². The van der Waals surface area contributed by atoms with Crippen LogP contribution in [-0.2, 0) is 33.6 Å². The Balaban J connectivity index is 0.987. The van der Waals surface area contributed by atoms with E-state index in [4.69, 9.17) is 54.2 Å². The second-order valence-corrected chi connectivity index (χ2v) is 17.3. The van der Waals surface area contributed by atoms with Gasteiger partial charge in [0.25, 0.3) is 5.70 Å². The number of nitrogens with zero attached hydrogens (tertiary/aromatic N) is 2. The van der Waals surface area contributed by atoms with Crippen LogP contribution < -0.4 is 28.4 Å². The van der Waals surface area contributed by atoms with Gasteiger partial charge in [-0.05, 0) is 135 Å². The number of benzene rings is 5. The quantitative estimate of drug-likeness (QED) is 0.00428. The van der Waals surface area contributed by atoms with Gasteiger partial charge < -0.3 is 42.6 Å². The molecule has 0 fully saturated rings. The molecule has 20 nitrogen and oxygen atoms in total. The third-order valence-electron chi connectivity index (χ3n) is 9.83. The highest BCUT2D eigenvalue weighted by atomic mass is 32.2. The molecule has 1 aliphatic rings. The van der Waals surface area contributed by atoms with Crippen LogP contribution >= 0.6 is 23.5 Å². The van der Waals surface area contributed by atoms with Gasteiger partial charge in [-0.1, -0.05) is 36.7 Å². The smallest absolute Gasteiger partial charge is 0.465 e. The summed E-state index contributed by atoms with van der Waals surface area (Å²) in [5.74, 6) is -3.16. The van der Waals surface area contributed by atoms with E-state index in [1.807, 2.05) is 6.07 Å². The molecule has 0 N–H and O–H groups in total. The maximum absolute atomic E-state index is 13.4. The summed E-state index contributed by atoms with van der Waals surface area (Å²) in [7, 11) is 0. The molecule has 0 atom stereocenters. The van der Waals surface area contributed by atoms with Gasteiger partial charge in [0.05, 0.1) is 75.0 Å². The lowest BCUT2D eigenvalue weighted by atomic mass is 10.2. The average Bonchev–Trinajstić information content (AvgIpc) is 3.88. The minimum atomic E-state index is -0.961. The van der Waals surface area contributed by atoms with Crippen LogP contribution in [0.25, 0.3) is 4.85 Å². The van der Waals surface area contributed by atoms with Gasteiger partial charge >= 0.3 is 42.0 Å². The summed E-state index contributed by atoms with van der Waals surface area (Å²) in [5.41, 5.74) is 0.255. The zero-order valence-corrected chi connectivity index (χ0v) is 41.5. The number of allylic oxidation sites excluding steroid dienone is 1. The van der Waals surface area contributed by atoms with Crippen LogP contribution in [0.1, 0.15) is 73.5 Å². The van der Waals surface area contributed by atoms with Crippen molar-refractivity contribution in [3.05, 3.63) is 178 Å². The van der Waals surface area contributed by atoms with Crippen molar-refractivity contribution in [2.75, 3.05) is 26.6 Å². The minimum absolute atomic E-state index is 0.0332. The molecule has 388 valence electrons. The van der Waals surface area contributed by atoms with E-state index in [1.165, 1.54) is 109 Å². The number of carbonyl (C=O) groups excluding carboxylic acids is 7. The SMILES string of the molecule is [C-]#[N+]/C(C#N)=C1\Sc2c(OC(=O)c3ccc(OC(=O)c4ccc(OCOOCCCCC(=O)OC=C)cc4)cc3)ccc(OC(=O)c3ccc(OC(=O)c4ccc(OC(=O)OCCCCOC(=O)C=C)cc4)cc3)c2S1. The van der Waals surface area contributed by atoms with Crippen molar-refractivity contribution in [1.29, 1.82) is 5.26 Å². The molecule has 6 rings (SSSR count). The largest absolute Gasteiger partial charge is 0.513 e. The van der Waals surface area contributed by atoms with Crippen molar-refractivity contribution in [2.45, 2.75) is 41.9 Å². The summed E-state index contributed by atoms with van der Waals surface area (Å²) in [6.07, 6.45) is 3.38. The van der Waals surface area contributed by atoms with Crippen LogP contribution in [0.2, 0.25) is 0 Å². The Morgan fingerprint density at radius 1 is 0.553 bits per heavy atom. The molecule has 1 heterocycles. The molecule has 0 aliphatic carbocycles. The van der Waals surface area contributed by atoms with E-state index >= 15 is 0 Å². The number of fused-ring (bicyclic) bond motifs is 1. The first-order valence-electron chi connectivity index (χ1n) is 22.5. The zero-order chi connectivity index (χ0) is 54.2. The number of carbonyl (C=O) groups is 7. The Bertz CT molecular complexity index is 3060. The van der Waals surface area contributed by atoms with E-state index in [-0.39, 0.29) is 99.9 Å². The van der Waals surface area contributed by atoms with E-state index < -0.39 is 36.0 Å². The third-order valence-corrected chi connectivity index (χ3v) is 12.4. The van der Waals surface area contributed by atoms with Gasteiger partial charge in [-0.3, -0.25) is 4.79 Å². The maximum Gasteiger partial charge on any atom is 0.513 e. The van der Waals surface area contributed by atoms with Crippen molar-refractivity contribution in [3.63, 3.8) is 0 Å². The van der Waals surface area contributed by atoms with Crippen LogP contribution in [0, 0.1) is 17.9 Å². The Morgan fingerprint density at radius 3 is 1.46 bits per heavy atom. The van der Waals surface area contributed by atoms with E-state index in [1.54, 1.807) is 0 Å². The first kappa shape index (κ1) is 56.1. The molecule has 0 saturated carbocycles. The van der Waals surface area contributed by atoms with Crippen LogP contribution in [-0.4, -0.2) is 68.6 Å². The molecule has 0 radical (unpaired) electrons. The fraction of sp³-hybridized carbons (Fsp3) is 0.167. The van der Waals surface area contributed by atoms with Crippen LogP contribution in [0.4, 0.5) is 4.79 Å². The molecule has 0 bridgehead atoms. The molecule has 76 heavy (non-hydrogen) atoms. The zero-order valence-electron chi connectivity index (χ0n) is 39.9. The number of unbranched alkanes of at least 4 members (excludes halogenated alkanes) is 2. The predicted octanol–water partition coefficient (Wildman–Crippen LogP) is 10.5. The lowest BCUT2D eigenvalue weighted by molar-refractivity contribution is -0.323. The van der Waals surface area contributed by atoms with Crippen molar-refractivity contribution < 1.29 is 86.0 Å². The number of rotatable bonds is 25. The average molecular weight is 1070 g/mol. The Morgan fingerprint density at radius 2 is 1.00 bits per heavy atom. The van der Waals surface area contributed by atoms with Crippen molar-refractivity contribution >= 4 is 65.5 Å². The van der Waals surface area contributed by atoms with Crippen LogP contribution in [0.3, 0.4) is 0 Å². The van der Waals surface area contributed by atoms with Gasteiger partial charge in [0.1, 0.15) is 34.5 Å². The van der Waals surface area contributed by atoms with E-state index in [2.05, 4.69) is 22.7 Å². The molecule has 0 aromatic heterocycles. The number of ether oxygens (including phenoxy) is 9. The summed E-state index contributed by atoms with van der Waals surface area (Å²) in [6.45, 7) is 14.3. The molecule has 0 amide bonds. The van der Waals surface area contributed by atoms with E-state index in [9.17, 15) is 38.8 Å². The Labute approximate surface area is 442 Å². The molecular weight excluding hydrogens is 1030 g/mol. The second kappa shape index (κ2) is 28.9. The summed E-state index contributed by atoms with van der Waals surface area (Å²) < 4.78 is 47.7. The first-order chi connectivity index (χ1) is 36.9. The number of nitriles is 1. The first-order valence-corrected chi connectivity index (χ1v) is 24.2. The highest BCUT2D eigenvalue weighted by Crippen LogP contribution is 2.59. The molecule has 0 unspecified atom stereocenters. The molecule has 0 saturated heterocycles. The minimum Gasteiger partial charge on any atom is -0.465 e. The van der Waals surface area contributed by atoms with Crippen LogP contribution in [0.15, 0.2) is 154 Å². The summed E-state index contributed by atoms with van der Waals surface area (Å²) >= 11 is 1.97. The highest BCUT2D eigenvalue weighted by molar-refractivity contribution is 8.24. The number of esters is 6. The normalized spacial score (nSPS) is 11.7. The molecule has 5 aromatic rings. The van der Waals surface area contributed by atoms with Gasteiger partial charge in [0.2, 0.25) is 6.79 Å². The third kappa shape index (κ3) is 16.9. The standard InChI is InChI=1S/C54H42N2O18S2/c1-4-45(57)65-29-8-9-30-66-54(63)72-41-25-17-35(18-26-41)50(60)71-40-23-15-37(16-24-40)52(62)74-44-28-27-43(47-48(44)76-53(75-47)42(32-55)56-3)73-51(61)36-13-21-39(22-14-36)70-49(59)34-11-19-38(20-12-34)67-33-69-68-31-7-6-10-46(58)64-5-2/h4-5,11-28H,1-2,6-10,29-31,33H2/b53-42+. The fourth-order valence-corrected chi connectivity index (χ4v) is 8.57. The lowest BCUT2D eigenvalue weighted by Gasteiger charge is -2.12. The molecule has 0 spiro atoms. The Kier molecular flexibility index (Phi) is 21.3. The number of hydrogen-bond donors (Lipinski definition) is 0. The number of thioether (sulfide) groups is 2. The highest BCUT2D eigenvalue weighted by Gasteiger charge is 2.31. The molecule has 22 heteroatoms. The number of hydrogen-bond acceptors (Lipinski definition) is 21. The summed E-state index contributed by atoms with van der Waals surface area (Å²) in [6, 6.07) is 27.2. The maximum atomic E-state index is 13.4. The fourth-order valence-electron chi connectivity index (χ4n) is 6.10. The predicted molar refractivity (Wildman–Crippen MR) is 268 cm³/mol. The van der Waals surface area contributed by atoms with Crippen molar-refractivity contribution in [1.82, 2.24) is 0 Å². The van der Waals surface area contributed by atoms with E-state index in [0.717, 1.165) is 35.9 Å². The molecule has 5 aromatic carbocycles. The van der Waals surface area contributed by atoms with Gasteiger partial charge in [-0.25, -0.2) is 43.8 Å². The van der Waals surface area contributed by atoms with Crippen LogP contribution in [0.5, 0.6) is 34.5 Å². The Hall–Kier alpha value is -9.19. The van der Waals surface area contributed by atoms with Gasteiger partial charge in [0, 0.05) is 12.5 Å². The van der Waals surface area contributed by atoms with E-state index in [0.29, 0.717) is 41.2 Å². The van der Waals surface area contributed by atoms with Gasteiger partial charge in [-0.2, -0.15) is 4.89 Å². The van der Waals surface area contributed by atoms with Crippen molar-refractivity contribution in [2.24, 2.45) is 0 Å².